The van der Waals surface area contributed by atoms with Gasteiger partial charge in [0, 0.05) is 17.1 Å². The van der Waals surface area contributed by atoms with Crippen molar-refractivity contribution in [3.05, 3.63) is 91.1 Å². The monoisotopic (exact) mass is 329 g/mol. The van der Waals surface area contributed by atoms with E-state index in [0.29, 0.717) is 0 Å². The molecule has 6 rings (SSSR count). The van der Waals surface area contributed by atoms with Crippen LogP contribution in [0.2, 0.25) is 0 Å². The SMILES string of the molecule is c1ccc2c(-c3cc4ccc5cccc6ccc(c3)c4c56)nccc2c1. The van der Waals surface area contributed by atoms with E-state index < -0.39 is 0 Å². The minimum Gasteiger partial charge on any atom is -0.256 e. The fourth-order valence-corrected chi connectivity index (χ4v) is 4.24. The van der Waals surface area contributed by atoms with Gasteiger partial charge in [-0.3, -0.25) is 4.98 Å². The molecule has 1 aromatic heterocycles. The lowest BCUT2D eigenvalue weighted by Crippen LogP contribution is -1.89. The van der Waals surface area contributed by atoms with E-state index in [1.807, 2.05) is 6.20 Å². The van der Waals surface area contributed by atoms with E-state index in [-0.39, 0.29) is 0 Å². The predicted molar refractivity (Wildman–Crippen MR) is 111 cm³/mol. The van der Waals surface area contributed by atoms with Crippen LogP contribution in [0.25, 0.3) is 54.3 Å². The molecule has 0 amide bonds. The molecule has 0 bridgehead atoms. The molecule has 0 spiro atoms. The zero-order valence-corrected chi connectivity index (χ0v) is 14.1. The number of benzene rings is 5. The van der Waals surface area contributed by atoms with Gasteiger partial charge in [0.2, 0.25) is 0 Å². The van der Waals surface area contributed by atoms with Gasteiger partial charge in [-0.2, -0.15) is 0 Å². The number of hydrogen-bond donors (Lipinski definition) is 0. The van der Waals surface area contributed by atoms with E-state index in [1.54, 1.807) is 0 Å². The molecule has 0 aliphatic heterocycles. The molecule has 6 aromatic rings. The minimum absolute atomic E-state index is 1.05. The molecule has 0 saturated carbocycles. The number of pyridine rings is 1. The van der Waals surface area contributed by atoms with E-state index in [4.69, 9.17) is 4.98 Å². The summed E-state index contributed by atoms with van der Waals surface area (Å²) in [6.07, 6.45) is 1.90. The summed E-state index contributed by atoms with van der Waals surface area (Å²) in [6, 6.07) is 30.5. The van der Waals surface area contributed by atoms with Gasteiger partial charge < -0.3 is 0 Å². The van der Waals surface area contributed by atoms with E-state index >= 15 is 0 Å². The maximum atomic E-state index is 4.71. The van der Waals surface area contributed by atoms with Crippen LogP contribution in [0.3, 0.4) is 0 Å². The Hall–Kier alpha value is -3.45. The van der Waals surface area contributed by atoms with E-state index in [1.165, 1.54) is 48.7 Å². The smallest absolute Gasteiger partial charge is 0.0780 e. The topological polar surface area (TPSA) is 12.9 Å². The van der Waals surface area contributed by atoms with E-state index in [9.17, 15) is 0 Å². The Morgan fingerprint density at radius 1 is 0.500 bits per heavy atom. The summed E-state index contributed by atoms with van der Waals surface area (Å²) >= 11 is 0. The molecule has 0 unspecified atom stereocenters. The largest absolute Gasteiger partial charge is 0.256 e. The van der Waals surface area contributed by atoms with Crippen LogP contribution in [0, 0.1) is 0 Å². The van der Waals surface area contributed by atoms with Crippen LogP contribution in [0.1, 0.15) is 0 Å². The standard InChI is InChI=1S/C25H15N/c1-2-7-22-16(4-1)12-13-26-25(22)21-14-19-10-8-17-5-3-6-18-9-11-20(15-21)24(19)23(17)18/h1-15H. The average Bonchev–Trinajstić information content (AvgIpc) is 2.71. The molecule has 5 aromatic carbocycles. The molecule has 0 atom stereocenters. The zero-order valence-electron chi connectivity index (χ0n) is 14.1. The van der Waals surface area contributed by atoms with Crippen LogP contribution in [0.15, 0.2) is 91.1 Å². The van der Waals surface area contributed by atoms with Crippen molar-refractivity contribution in [2.75, 3.05) is 0 Å². The van der Waals surface area contributed by atoms with Gasteiger partial charge in [-0.25, -0.2) is 0 Å². The van der Waals surface area contributed by atoms with Gasteiger partial charge in [-0.1, -0.05) is 66.7 Å². The first kappa shape index (κ1) is 13.8. The summed E-state index contributed by atoms with van der Waals surface area (Å²) in [5.41, 5.74) is 2.22. The van der Waals surface area contributed by atoms with E-state index in [2.05, 4.69) is 84.9 Å². The molecule has 26 heavy (non-hydrogen) atoms. The second kappa shape index (κ2) is 5.03. The third-order valence-electron chi connectivity index (χ3n) is 5.41. The lowest BCUT2D eigenvalue weighted by molar-refractivity contribution is 1.36. The quantitative estimate of drug-likeness (QED) is 0.302. The van der Waals surface area contributed by atoms with E-state index in [0.717, 1.165) is 5.69 Å². The number of aromatic nitrogens is 1. The normalized spacial score (nSPS) is 11.8. The highest BCUT2D eigenvalue weighted by Gasteiger charge is 2.11. The van der Waals surface area contributed by atoms with Crippen molar-refractivity contribution in [2.45, 2.75) is 0 Å². The van der Waals surface area contributed by atoms with Gasteiger partial charge in [-0.15, -0.1) is 0 Å². The van der Waals surface area contributed by atoms with Gasteiger partial charge in [0.15, 0.2) is 0 Å². The minimum atomic E-state index is 1.05. The van der Waals surface area contributed by atoms with Crippen LogP contribution >= 0.6 is 0 Å². The summed E-state index contributed by atoms with van der Waals surface area (Å²) in [4.78, 5) is 4.71. The number of rotatable bonds is 1. The van der Waals surface area contributed by atoms with Crippen molar-refractivity contribution in [1.29, 1.82) is 0 Å². The molecule has 1 nitrogen and oxygen atoms in total. The van der Waals surface area contributed by atoms with Crippen molar-refractivity contribution < 1.29 is 0 Å². The highest BCUT2D eigenvalue weighted by molar-refractivity contribution is 6.23. The Labute approximate surface area is 150 Å². The Balaban J connectivity index is 1.75. The summed E-state index contributed by atoms with van der Waals surface area (Å²) in [5.74, 6) is 0. The summed E-state index contributed by atoms with van der Waals surface area (Å²) in [5, 5.41) is 10.3. The molecule has 1 heterocycles. The van der Waals surface area contributed by atoms with Gasteiger partial charge in [0.1, 0.15) is 0 Å². The maximum absolute atomic E-state index is 4.71. The lowest BCUT2D eigenvalue weighted by atomic mass is 9.91. The van der Waals surface area contributed by atoms with Crippen molar-refractivity contribution in [1.82, 2.24) is 4.98 Å². The predicted octanol–water partition coefficient (Wildman–Crippen LogP) is 6.80. The molecular weight excluding hydrogens is 314 g/mol. The maximum Gasteiger partial charge on any atom is 0.0780 e. The van der Waals surface area contributed by atoms with Crippen molar-refractivity contribution in [3.63, 3.8) is 0 Å². The molecule has 0 radical (unpaired) electrons. The molecule has 0 aliphatic rings. The van der Waals surface area contributed by atoms with Crippen LogP contribution in [-0.2, 0) is 0 Å². The van der Waals surface area contributed by atoms with Crippen LogP contribution in [0.5, 0.6) is 0 Å². The number of fused-ring (bicyclic) bond motifs is 1. The second-order valence-electron chi connectivity index (χ2n) is 6.89. The third-order valence-corrected chi connectivity index (χ3v) is 5.41. The zero-order chi connectivity index (χ0) is 17.1. The molecule has 1 heteroatoms. The van der Waals surface area contributed by atoms with Gasteiger partial charge >= 0.3 is 0 Å². The highest BCUT2D eigenvalue weighted by Crippen LogP contribution is 2.38. The summed E-state index contributed by atoms with van der Waals surface area (Å²) in [7, 11) is 0. The van der Waals surface area contributed by atoms with Gasteiger partial charge in [0.05, 0.1) is 5.69 Å². The van der Waals surface area contributed by atoms with Crippen LogP contribution < -0.4 is 0 Å². The molecule has 0 N–H and O–H groups in total. The lowest BCUT2D eigenvalue weighted by Gasteiger charge is -2.13. The second-order valence-corrected chi connectivity index (χ2v) is 6.89. The Kier molecular flexibility index (Phi) is 2.67. The number of hydrogen-bond acceptors (Lipinski definition) is 1. The summed E-state index contributed by atoms with van der Waals surface area (Å²) < 4.78 is 0. The van der Waals surface area contributed by atoms with Crippen LogP contribution in [0.4, 0.5) is 0 Å². The Bertz CT molecular complexity index is 1360. The number of nitrogens with zero attached hydrogens (tertiary/aromatic N) is 1. The summed E-state index contributed by atoms with van der Waals surface area (Å²) in [6.45, 7) is 0. The van der Waals surface area contributed by atoms with Gasteiger partial charge in [0.25, 0.3) is 0 Å². The first-order valence-corrected chi connectivity index (χ1v) is 8.90. The molecule has 120 valence electrons. The average molecular weight is 329 g/mol. The highest BCUT2D eigenvalue weighted by atomic mass is 14.7. The first-order chi connectivity index (χ1) is 12.9. The van der Waals surface area contributed by atoms with Gasteiger partial charge in [-0.05, 0) is 55.9 Å². The van der Waals surface area contributed by atoms with Crippen molar-refractivity contribution >= 4 is 43.1 Å². The third kappa shape index (κ3) is 1.83. The molecule has 0 saturated heterocycles. The Morgan fingerprint density at radius 2 is 1.12 bits per heavy atom. The fraction of sp³-hybridized carbons (Fsp3) is 0. The molecule has 0 fully saturated rings. The van der Waals surface area contributed by atoms with Crippen molar-refractivity contribution in [2.24, 2.45) is 0 Å². The Morgan fingerprint density at radius 3 is 1.88 bits per heavy atom. The van der Waals surface area contributed by atoms with Crippen LogP contribution in [-0.4, -0.2) is 4.98 Å². The molecule has 0 aliphatic carbocycles. The fourth-order valence-electron chi connectivity index (χ4n) is 4.24. The van der Waals surface area contributed by atoms with Crippen molar-refractivity contribution in [3.8, 4) is 11.3 Å². The first-order valence-electron chi connectivity index (χ1n) is 8.90. The molecular formula is C25H15N.